The number of carbonyl (C=O) groups is 4. The summed E-state index contributed by atoms with van der Waals surface area (Å²) in [6.07, 6.45) is 10.5. The number of benzene rings is 1. The Morgan fingerprint density at radius 2 is 1.63 bits per heavy atom. The number of hydrogen-bond acceptors (Lipinski definition) is 13. The minimum atomic E-state index is -1.61. The zero-order valence-electron chi connectivity index (χ0n) is 43.4. The highest BCUT2D eigenvalue weighted by Gasteiger charge is 2.76. The Labute approximate surface area is 415 Å². The van der Waals surface area contributed by atoms with E-state index in [0.717, 1.165) is 68.9 Å². The standard InChI is InChI=1S/C55H83N3O12/c1-10-12-14-25-54(26-15-13-11-2)68-44-40-30-55(50(64)57-43(33(3)60)48(62)56-37(32-59)21-23-42(61)67-51(4,5)6)46(49(63)65-40)58(70-47(55)45(44)69-54)31-35-18-16-34(17-19-35)28-36-20-22-41-53(9,66-41)27-24-39-38(36)29-52(39,7)8/h16-19,28,33,37-41,43-47,59-60H,10-15,20-27,29-32H2,1-9H3,(H,56,62)(H,57,64)/t33-,37-,38+,39+,40+,41?,43+,44-,45-,46-,47+,53+,55-/m0/s1. The number of nitrogens with one attached hydrogen (secondary N) is 2. The van der Waals surface area contributed by atoms with Gasteiger partial charge >= 0.3 is 11.9 Å². The molecule has 70 heavy (non-hydrogen) atoms. The van der Waals surface area contributed by atoms with Crippen LogP contribution in [0.4, 0.5) is 0 Å². The summed E-state index contributed by atoms with van der Waals surface area (Å²) in [5.74, 6) is -2.33. The molecule has 4 N–H and O–H groups in total. The van der Waals surface area contributed by atoms with Crippen molar-refractivity contribution in [3.63, 3.8) is 0 Å². The van der Waals surface area contributed by atoms with Crippen molar-refractivity contribution >= 4 is 29.8 Å². The summed E-state index contributed by atoms with van der Waals surface area (Å²) < 4.78 is 31.9. The Bertz CT molecular complexity index is 2080. The molecule has 0 radical (unpaired) electrons. The molecule has 15 heteroatoms. The van der Waals surface area contributed by atoms with Crippen LogP contribution >= 0.6 is 0 Å². The van der Waals surface area contributed by atoms with Crippen molar-refractivity contribution in [2.24, 2.45) is 22.7 Å². The molecule has 390 valence electrons. The molecule has 2 amide bonds. The molecule has 8 rings (SSSR count). The van der Waals surface area contributed by atoms with Crippen molar-refractivity contribution in [1.82, 2.24) is 15.7 Å². The fraction of sp³-hybridized carbons (Fsp3) is 0.782. The van der Waals surface area contributed by atoms with Crippen LogP contribution in [0, 0.1) is 22.7 Å². The summed E-state index contributed by atoms with van der Waals surface area (Å²) in [6, 6.07) is 4.71. The van der Waals surface area contributed by atoms with Gasteiger partial charge in [0.05, 0.1) is 37.0 Å². The van der Waals surface area contributed by atoms with Gasteiger partial charge in [-0.2, -0.15) is 5.06 Å². The zero-order chi connectivity index (χ0) is 50.4. The van der Waals surface area contributed by atoms with Gasteiger partial charge in [-0.25, -0.2) is 0 Å². The number of epoxide rings is 1. The highest BCUT2D eigenvalue weighted by Crippen LogP contribution is 2.61. The van der Waals surface area contributed by atoms with E-state index < -0.39 is 95.8 Å². The first-order chi connectivity index (χ1) is 33.1. The lowest BCUT2D eigenvalue weighted by atomic mass is 9.52. The lowest BCUT2D eigenvalue weighted by Gasteiger charge is -2.53. The Morgan fingerprint density at radius 1 is 0.943 bits per heavy atom. The normalized spacial score (nSPS) is 34.5. The third-order valence-electron chi connectivity index (χ3n) is 16.8. The summed E-state index contributed by atoms with van der Waals surface area (Å²) in [6.45, 7) is 17.7. The summed E-state index contributed by atoms with van der Waals surface area (Å²) in [7, 11) is 0. The molecule has 4 saturated heterocycles. The Balaban J connectivity index is 1.06. The van der Waals surface area contributed by atoms with Gasteiger partial charge in [-0.3, -0.25) is 24.0 Å². The largest absolute Gasteiger partial charge is 0.460 e. The molecule has 4 aliphatic heterocycles. The fourth-order valence-corrected chi connectivity index (χ4v) is 12.9. The van der Waals surface area contributed by atoms with Gasteiger partial charge < -0.3 is 44.5 Å². The monoisotopic (exact) mass is 978 g/mol. The third-order valence-corrected chi connectivity index (χ3v) is 16.8. The number of esters is 2. The number of ether oxygens (including phenoxy) is 5. The van der Waals surface area contributed by atoms with E-state index in [9.17, 15) is 24.6 Å². The minimum Gasteiger partial charge on any atom is -0.460 e. The Hall–Kier alpha value is -3.44. The number of aliphatic hydroxyl groups is 2. The third kappa shape index (κ3) is 10.9. The van der Waals surface area contributed by atoms with Crippen LogP contribution in [0.2, 0.25) is 0 Å². The molecule has 4 heterocycles. The SMILES string of the molecule is CCCCCC1(CCCCC)O[C@@H]2[C@H](O1)[C@H]1ON(Cc3ccc(C=C4CCC5O[C@]5(C)CC[C@@H]5[C@@H]4CC5(C)C)cc3)[C@H]3C(=O)O[C@@H]2C[C@@]13C(=O)N[C@@H](C(=O)N[C@H](CO)CCC(=O)OC(C)(C)C)[C@H](C)O. The molecule has 15 nitrogen and oxygen atoms in total. The van der Waals surface area contributed by atoms with Crippen molar-refractivity contribution in [3.05, 3.63) is 41.0 Å². The number of fused-ring (bicyclic) bond motifs is 6. The van der Waals surface area contributed by atoms with E-state index in [0.29, 0.717) is 36.2 Å². The molecular weight excluding hydrogens is 895 g/mol. The fourth-order valence-electron chi connectivity index (χ4n) is 12.9. The van der Waals surface area contributed by atoms with Gasteiger partial charge in [0.2, 0.25) is 11.8 Å². The first-order valence-electron chi connectivity index (χ1n) is 26.7. The number of nitrogens with zero attached hydrogens (tertiary/aromatic N) is 1. The molecule has 7 fully saturated rings. The number of hydrogen-bond donors (Lipinski definition) is 4. The molecule has 0 spiro atoms. The molecule has 1 unspecified atom stereocenters. The van der Waals surface area contributed by atoms with Crippen LogP contribution in [-0.2, 0) is 54.2 Å². The van der Waals surface area contributed by atoms with Gasteiger partial charge in [-0.15, -0.1) is 0 Å². The topological polar surface area (TPSA) is 195 Å². The van der Waals surface area contributed by atoms with Crippen LogP contribution in [0.15, 0.2) is 29.8 Å². The van der Waals surface area contributed by atoms with Gasteiger partial charge in [-0.05, 0) is 114 Å². The highest BCUT2D eigenvalue weighted by molar-refractivity contribution is 5.96. The predicted molar refractivity (Wildman–Crippen MR) is 261 cm³/mol. The van der Waals surface area contributed by atoms with Gasteiger partial charge in [0, 0.05) is 25.7 Å². The minimum absolute atomic E-state index is 0.0146. The van der Waals surface area contributed by atoms with Crippen molar-refractivity contribution in [2.75, 3.05) is 6.61 Å². The number of rotatable bonds is 20. The molecular formula is C55H83N3O12. The average molecular weight is 978 g/mol. The summed E-state index contributed by atoms with van der Waals surface area (Å²) in [5.41, 5.74) is 1.46. The first kappa shape index (κ1) is 52.9. The smallest absolute Gasteiger partial charge is 0.327 e. The van der Waals surface area contributed by atoms with Crippen LogP contribution in [0.25, 0.3) is 6.08 Å². The predicted octanol–water partition coefficient (Wildman–Crippen LogP) is 7.37. The first-order valence-corrected chi connectivity index (χ1v) is 26.7. The van der Waals surface area contributed by atoms with Crippen LogP contribution in [0.5, 0.6) is 0 Å². The summed E-state index contributed by atoms with van der Waals surface area (Å²) in [4.78, 5) is 63.3. The van der Waals surface area contributed by atoms with Gasteiger partial charge in [-0.1, -0.05) is 89.3 Å². The zero-order valence-corrected chi connectivity index (χ0v) is 43.4. The van der Waals surface area contributed by atoms with E-state index >= 15 is 4.79 Å². The lowest BCUT2D eigenvalue weighted by molar-refractivity contribution is -0.224. The number of amides is 2. The Morgan fingerprint density at radius 3 is 2.26 bits per heavy atom. The van der Waals surface area contributed by atoms with E-state index in [4.69, 9.17) is 28.5 Å². The number of allylic oxidation sites excluding steroid dienone is 1. The van der Waals surface area contributed by atoms with Crippen molar-refractivity contribution in [1.29, 1.82) is 0 Å². The Kier molecular flexibility index (Phi) is 15.7. The number of carbonyl (C=O) groups excluding carboxylic acids is 4. The second kappa shape index (κ2) is 20.8. The molecule has 2 bridgehead atoms. The van der Waals surface area contributed by atoms with Crippen LogP contribution in [0.3, 0.4) is 0 Å². The van der Waals surface area contributed by atoms with E-state index in [-0.39, 0.29) is 31.4 Å². The van der Waals surface area contributed by atoms with Gasteiger partial charge in [0.1, 0.15) is 41.5 Å². The number of unbranched alkanes of at least 4 members (excludes halogenated alkanes) is 4. The molecule has 0 aromatic heterocycles. The van der Waals surface area contributed by atoms with Crippen LogP contribution in [0.1, 0.15) is 176 Å². The van der Waals surface area contributed by atoms with E-state index in [1.807, 2.05) is 12.1 Å². The second-order valence-corrected chi connectivity index (χ2v) is 23.8. The number of hydroxylamine groups is 2. The van der Waals surface area contributed by atoms with Crippen molar-refractivity contribution in [3.8, 4) is 0 Å². The van der Waals surface area contributed by atoms with Gasteiger partial charge in [0.15, 0.2) is 11.8 Å². The average Bonchev–Trinajstić information content (AvgIpc) is 3.57. The molecule has 3 saturated carbocycles. The van der Waals surface area contributed by atoms with E-state index in [1.54, 1.807) is 25.8 Å². The lowest BCUT2D eigenvalue weighted by Crippen LogP contribution is -2.71. The van der Waals surface area contributed by atoms with Crippen molar-refractivity contribution < 1.29 is 57.9 Å². The molecule has 13 atom stereocenters. The quantitative estimate of drug-likeness (QED) is 0.0576. The highest BCUT2D eigenvalue weighted by atomic mass is 16.8. The van der Waals surface area contributed by atoms with Gasteiger partial charge in [0.25, 0.3) is 0 Å². The van der Waals surface area contributed by atoms with E-state index in [1.165, 1.54) is 25.3 Å². The summed E-state index contributed by atoms with van der Waals surface area (Å²) in [5, 5.41) is 28.4. The maximum absolute atomic E-state index is 15.3. The van der Waals surface area contributed by atoms with Crippen LogP contribution in [-0.4, -0.2) is 117 Å². The molecule has 7 aliphatic rings. The second-order valence-electron chi connectivity index (χ2n) is 23.8. The molecule has 1 aromatic rings. The number of aliphatic hydroxyl groups excluding tert-OH is 2. The maximum Gasteiger partial charge on any atom is 0.327 e. The molecule has 1 aromatic carbocycles. The molecule has 3 aliphatic carbocycles. The van der Waals surface area contributed by atoms with Crippen molar-refractivity contribution in [2.45, 2.75) is 243 Å². The van der Waals surface area contributed by atoms with Crippen LogP contribution < -0.4 is 10.6 Å². The maximum atomic E-state index is 15.3. The summed E-state index contributed by atoms with van der Waals surface area (Å²) >= 11 is 0. The van der Waals surface area contributed by atoms with E-state index in [2.05, 4.69) is 63.5 Å².